The van der Waals surface area contributed by atoms with Gasteiger partial charge in [0.15, 0.2) is 0 Å². The van der Waals surface area contributed by atoms with Gasteiger partial charge in [-0.05, 0) is 23.3 Å². The molecule has 0 heterocycles. The highest BCUT2D eigenvalue weighted by Gasteiger charge is 2.08. The predicted molar refractivity (Wildman–Crippen MR) is 90.8 cm³/mol. The molecule has 2 aromatic rings. The van der Waals surface area contributed by atoms with E-state index in [4.69, 9.17) is 9.47 Å². The summed E-state index contributed by atoms with van der Waals surface area (Å²) in [4.78, 5) is 23.0. The molecule has 2 amide bonds. The molecule has 2 aromatic carbocycles. The predicted octanol–water partition coefficient (Wildman–Crippen LogP) is 3.08. The summed E-state index contributed by atoms with van der Waals surface area (Å²) in [6.45, 7) is 1.92. The molecule has 6 nitrogen and oxygen atoms in total. The molecular weight excluding hydrogens is 308 g/mol. The SMILES string of the molecule is COc1ccc(CNC(=O)OCc2ccccc2)cc1NC(C)=O. The minimum Gasteiger partial charge on any atom is -0.495 e. The molecule has 0 fully saturated rings. The zero-order chi connectivity index (χ0) is 17.4. The topological polar surface area (TPSA) is 76.7 Å². The van der Waals surface area contributed by atoms with Crippen LogP contribution in [-0.2, 0) is 22.7 Å². The number of anilines is 1. The highest BCUT2D eigenvalue weighted by molar-refractivity contribution is 5.90. The number of nitrogens with one attached hydrogen (secondary N) is 2. The molecule has 2 rings (SSSR count). The van der Waals surface area contributed by atoms with Gasteiger partial charge in [0.25, 0.3) is 0 Å². The van der Waals surface area contributed by atoms with Crippen LogP contribution in [0.2, 0.25) is 0 Å². The van der Waals surface area contributed by atoms with Crippen LogP contribution < -0.4 is 15.4 Å². The fourth-order valence-electron chi connectivity index (χ4n) is 2.10. The monoisotopic (exact) mass is 328 g/mol. The molecule has 0 aromatic heterocycles. The average Bonchev–Trinajstić information content (AvgIpc) is 2.58. The van der Waals surface area contributed by atoms with E-state index in [0.29, 0.717) is 11.4 Å². The van der Waals surface area contributed by atoms with Gasteiger partial charge in [0.1, 0.15) is 12.4 Å². The van der Waals surface area contributed by atoms with Gasteiger partial charge in [0.2, 0.25) is 5.91 Å². The molecule has 0 aliphatic rings. The number of methoxy groups -OCH3 is 1. The summed E-state index contributed by atoms with van der Waals surface area (Å²) in [7, 11) is 1.53. The first kappa shape index (κ1) is 17.3. The van der Waals surface area contributed by atoms with E-state index in [1.807, 2.05) is 36.4 Å². The van der Waals surface area contributed by atoms with Crippen molar-refractivity contribution in [1.82, 2.24) is 5.32 Å². The molecule has 0 radical (unpaired) electrons. The van der Waals surface area contributed by atoms with Crippen LogP contribution in [0.1, 0.15) is 18.1 Å². The smallest absolute Gasteiger partial charge is 0.407 e. The van der Waals surface area contributed by atoms with Crippen LogP contribution >= 0.6 is 0 Å². The second kappa shape index (κ2) is 8.57. The van der Waals surface area contributed by atoms with E-state index in [9.17, 15) is 9.59 Å². The fourth-order valence-corrected chi connectivity index (χ4v) is 2.10. The lowest BCUT2D eigenvalue weighted by molar-refractivity contribution is -0.114. The summed E-state index contributed by atoms with van der Waals surface area (Å²) in [5.74, 6) is 0.362. The van der Waals surface area contributed by atoms with Crippen molar-refractivity contribution >= 4 is 17.7 Å². The third kappa shape index (κ3) is 5.31. The maximum Gasteiger partial charge on any atom is 0.407 e. The standard InChI is InChI=1S/C18H20N2O4/c1-13(21)20-16-10-15(8-9-17(16)23-2)11-19-18(22)24-12-14-6-4-3-5-7-14/h3-10H,11-12H2,1-2H3,(H,19,22)(H,20,21). The van der Waals surface area contributed by atoms with Crippen molar-refractivity contribution in [2.24, 2.45) is 0 Å². The van der Waals surface area contributed by atoms with E-state index in [0.717, 1.165) is 11.1 Å². The minimum atomic E-state index is -0.504. The summed E-state index contributed by atoms with van der Waals surface area (Å²) in [5.41, 5.74) is 2.29. The lowest BCUT2D eigenvalue weighted by Gasteiger charge is -2.12. The first-order valence-electron chi connectivity index (χ1n) is 7.47. The third-order valence-electron chi connectivity index (χ3n) is 3.22. The average molecular weight is 328 g/mol. The Morgan fingerprint density at radius 3 is 2.46 bits per heavy atom. The molecule has 2 N–H and O–H groups in total. The van der Waals surface area contributed by atoms with Crippen molar-refractivity contribution in [3.8, 4) is 5.75 Å². The summed E-state index contributed by atoms with van der Waals surface area (Å²) in [6, 6.07) is 14.7. The molecular formula is C18H20N2O4. The summed E-state index contributed by atoms with van der Waals surface area (Å²) in [5, 5.41) is 5.36. The molecule has 0 saturated heterocycles. The Balaban J connectivity index is 1.89. The Hall–Kier alpha value is -3.02. The van der Waals surface area contributed by atoms with Gasteiger partial charge in [0, 0.05) is 13.5 Å². The maximum absolute atomic E-state index is 11.7. The number of hydrogen-bond acceptors (Lipinski definition) is 4. The molecule has 0 bridgehead atoms. The Kier molecular flexibility index (Phi) is 6.19. The molecule has 0 atom stereocenters. The van der Waals surface area contributed by atoms with E-state index in [-0.39, 0.29) is 19.1 Å². The normalized spacial score (nSPS) is 9.92. The van der Waals surface area contributed by atoms with Crippen LogP contribution in [-0.4, -0.2) is 19.1 Å². The van der Waals surface area contributed by atoms with Gasteiger partial charge < -0.3 is 20.1 Å². The van der Waals surface area contributed by atoms with Crippen LogP contribution in [0, 0.1) is 0 Å². The number of rotatable bonds is 6. The molecule has 126 valence electrons. The van der Waals surface area contributed by atoms with Crippen LogP contribution in [0.15, 0.2) is 48.5 Å². The lowest BCUT2D eigenvalue weighted by Crippen LogP contribution is -2.23. The quantitative estimate of drug-likeness (QED) is 0.854. The number of carbonyl (C=O) groups is 2. The highest BCUT2D eigenvalue weighted by Crippen LogP contribution is 2.25. The fraction of sp³-hybridized carbons (Fsp3) is 0.222. The Morgan fingerprint density at radius 1 is 1.04 bits per heavy atom. The lowest BCUT2D eigenvalue weighted by atomic mass is 10.2. The summed E-state index contributed by atoms with van der Waals surface area (Å²) in [6.07, 6.45) is -0.504. The van der Waals surface area contributed by atoms with E-state index in [1.165, 1.54) is 14.0 Å². The van der Waals surface area contributed by atoms with Crippen LogP contribution in [0.25, 0.3) is 0 Å². The van der Waals surface area contributed by atoms with Gasteiger partial charge >= 0.3 is 6.09 Å². The van der Waals surface area contributed by atoms with Crippen molar-refractivity contribution in [1.29, 1.82) is 0 Å². The van der Waals surface area contributed by atoms with Crippen molar-refractivity contribution in [2.45, 2.75) is 20.1 Å². The largest absolute Gasteiger partial charge is 0.495 e. The van der Waals surface area contributed by atoms with E-state index < -0.39 is 6.09 Å². The van der Waals surface area contributed by atoms with Gasteiger partial charge in [-0.3, -0.25) is 4.79 Å². The second-order valence-corrected chi connectivity index (χ2v) is 5.13. The zero-order valence-corrected chi connectivity index (χ0v) is 13.7. The van der Waals surface area contributed by atoms with Gasteiger partial charge in [-0.2, -0.15) is 0 Å². The van der Waals surface area contributed by atoms with E-state index >= 15 is 0 Å². The van der Waals surface area contributed by atoms with E-state index in [2.05, 4.69) is 10.6 Å². The molecule has 24 heavy (non-hydrogen) atoms. The number of alkyl carbamates (subject to hydrolysis) is 1. The van der Waals surface area contributed by atoms with Crippen LogP contribution in [0.3, 0.4) is 0 Å². The van der Waals surface area contributed by atoms with Gasteiger partial charge in [-0.1, -0.05) is 36.4 Å². The maximum atomic E-state index is 11.7. The van der Waals surface area contributed by atoms with E-state index in [1.54, 1.807) is 12.1 Å². The molecule has 0 aliphatic heterocycles. The summed E-state index contributed by atoms with van der Waals surface area (Å²) >= 11 is 0. The number of hydrogen-bond donors (Lipinski definition) is 2. The number of ether oxygens (including phenoxy) is 2. The third-order valence-corrected chi connectivity index (χ3v) is 3.22. The number of carbonyl (C=O) groups excluding carboxylic acids is 2. The molecule has 0 saturated carbocycles. The van der Waals surface area contributed by atoms with Crippen molar-refractivity contribution in [3.63, 3.8) is 0 Å². The Morgan fingerprint density at radius 2 is 1.79 bits per heavy atom. The van der Waals surface area contributed by atoms with Gasteiger partial charge in [-0.15, -0.1) is 0 Å². The number of benzene rings is 2. The minimum absolute atomic E-state index is 0.194. The van der Waals surface area contributed by atoms with Gasteiger partial charge in [-0.25, -0.2) is 4.79 Å². The van der Waals surface area contributed by atoms with Crippen molar-refractivity contribution < 1.29 is 19.1 Å². The molecule has 6 heteroatoms. The molecule has 0 unspecified atom stereocenters. The second-order valence-electron chi connectivity index (χ2n) is 5.13. The highest BCUT2D eigenvalue weighted by atomic mass is 16.5. The summed E-state index contributed by atoms with van der Waals surface area (Å²) < 4.78 is 10.3. The van der Waals surface area contributed by atoms with Crippen LogP contribution in [0.5, 0.6) is 5.75 Å². The Labute approximate surface area is 140 Å². The Bertz CT molecular complexity index is 701. The van der Waals surface area contributed by atoms with Gasteiger partial charge in [0.05, 0.1) is 12.8 Å². The zero-order valence-electron chi connectivity index (χ0n) is 13.7. The first-order chi connectivity index (χ1) is 11.6. The van der Waals surface area contributed by atoms with Crippen molar-refractivity contribution in [3.05, 3.63) is 59.7 Å². The van der Waals surface area contributed by atoms with Crippen LogP contribution in [0.4, 0.5) is 10.5 Å². The van der Waals surface area contributed by atoms with Crippen molar-refractivity contribution in [2.75, 3.05) is 12.4 Å². The molecule has 0 aliphatic carbocycles. The first-order valence-corrected chi connectivity index (χ1v) is 7.47. The molecule has 0 spiro atoms. The number of amides is 2.